The number of hydrogen-bond donors (Lipinski definition) is 0. The molecule has 106 valence electrons. The largest absolute Gasteiger partial charge is 0.457 e. The van der Waals surface area contributed by atoms with Gasteiger partial charge in [-0.05, 0) is 42.3 Å². The highest BCUT2D eigenvalue weighted by atomic mass is 35.5. The van der Waals surface area contributed by atoms with Crippen molar-refractivity contribution in [2.24, 2.45) is 0 Å². The van der Waals surface area contributed by atoms with Crippen LogP contribution in [0.4, 0.5) is 13.2 Å². The van der Waals surface area contributed by atoms with E-state index in [4.69, 9.17) is 16.3 Å². The third kappa shape index (κ3) is 3.67. The molecule has 0 radical (unpaired) electrons. The van der Waals surface area contributed by atoms with Gasteiger partial charge >= 0.3 is 6.18 Å². The molecule has 5 heteroatoms. The summed E-state index contributed by atoms with van der Waals surface area (Å²) in [5.74, 6) is 0.534. The van der Waals surface area contributed by atoms with E-state index in [1.165, 1.54) is 6.07 Å². The van der Waals surface area contributed by atoms with Crippen LogP contribution >= 0.6 is 11.6 Å². The minimum atomic E-state index is -4.45. The SMILES string of the molecule is CCc1ccc(Oc2cc(Cl)cc(C(F)(F)F)c2)cc1. The molecular weight excluding hydrogens is 289 g/mol. The van der Waals surface area contributed by atoms with E-state index in [1.807, 2.05) is 19.1 Å². The Morgan fingerprint density at radius 1 is 1.00 bits per heavy atom. The van der Waals surface area contributed by atoms with Crippen LogP contribution in [-0.2, 0) is 12.6 Å². The smallest absolute Gasteiger partial charge is 0.416 e. The van der Waals surface area contributed by atoms with Crippen LogP contribution in [0.5, 0.6) is 11.5 Å². The topological polar surface area (TPSA) is 9.23 Å². The molecule has 20 heavy (non-hydrogen) atoms. The minimum Gasteiger partial charge on any atom is -0.457 e. The zero-order valence-electron chi connectivity index (χ0n) is 10.7. The summed E-state index contributed by atoms with van der Waals surface area (Å²) in [4.78, 5) is 0. The molecule has 0 fully saturated rings. The molecule has 0 aliphatic rings. The molecule has 0 heterocycles. The molecule has 2 aromatic carbocycles. The Morgan fingerprint density at radius 2 is 1.65 bits per heavy atom. The highest BCUT2D eigenvalue weighted by molar-refractivity contribution is 6.30. The van der Waals surface area contributed by atoms with E-state index in [1.54, 1.807) is 12.1 Å². The van der Waals surface area contributed by atoms with E-state index >= 15 is 0 Å². The van der Waals surface area contributed by atoms with Gasteiger partial charge in [-0.2, -0.15) is 13.2 Å². The highest BCUT2D eigenvalue weighted by Gasteiger charge is 2.31. The fraction of sp³-hybridized carbons (Fsp3) is 0.200. The second-order valence-corrected chi connectivity index (χ2v) is 4.71. The van der Waals surface area contributed by atoms with Gasteiger partial charge in [-0.15, -0.1) is 0 Å². The molecule has 0 aliphatic heterocycles. The molecule has 1 nitrogen and oxygen atoms in total. The predicted octanol–water partition coefficient (Wildman–Crippen LogP) is 5.71. The van der Waals surface area contributed by atoms with Gasteiger partial charge in [0.25, 0.3) is 0 Å². The molecule has 0 saturated heterocycles. The molecule has 2 rings (SSSR count). The first kappa shape index (κ1) is 14.7. The van der Waals surface area contributed by atoms with Crippen molar-refractivity contribution in [2.45, 2.75) is 19.5 Å². The molecule has 0 unspecified atom stereocenters. The average Bonchev–Trinajstić information content (AvgIpc) is 2.38. The Morgan fingerprint density at radius 3 is 2.20 bits per heavy atom. The van der Waals surface area contributed by atoms with E-state index in [-0.39, 0.29) is 10.8 Å². The zero-order valence-corrected chi connectivity index (χ0v) is 11.4. The van der Waals surface area contributed by atoms with E-state index in [0.29, 0.717) is 5.75 Å². The minimum absolute atomic E-state index is 0.0139. The molecule has 0 saturated carbocycles. The quantitative estimate of drug-likeness (QED) is 0.705. The van der Waals surface area contributed by atoms with Crippen LogP contribution in [0.25, 0.3) is 0 Å². The van der Waals surface area contributed by atoms with Gasteiger partial charge in [0.1, 0.15) is 11.5 Å². The second kappa shape index (κ2) is 5.75. The van der Waals surface area contributed by atoms with Gasteiger partial charge in [0.05, 0.1) is 5.56 Å². The molecule has 0 bridgehead atoms. The number of rotatable bonds is 3. The van der Waals surface area contributed by atoms with E-state index in [9.17, 15) is 13.2 Å². The van der Waals surface area contributed by atoms with Gasteiger partial charge in [-0.3, -0.25) is 0 Å². The number of aryl methyl sites for hydroxylation is 1. The standard InChI is InChI=1S/C15H12ClF3O/c1-2-10-3-5-13(6-4-10)20-14-8-11(15(17,18)19)7-12(16)9-14/h3-9H,2H2,1H3. The van der Waals surface area contributed by atoms with E-state index in [0.717, 1.165) is 24.1 Å². The number of alkyl halides is 3. The molecule has 0 amide bonds. The van der Waals surface area contributed by atoms with Crippen LogP contribution < -0.4 is 4.74 Å². The van der Waals surface area contributed by atoms with Crippen molar-refractivity contribution < 1.29 is 17.9 Å². The Kier molecular flexibility index (Phi) is 4.23. The summed E-state index contributed by atoms with van der Waals surface area (Å²) < 4.78 is 43.4. The Labute approximate surface area is 119 Å². The van der Waals surface area contributed by atoms with Crippen LogP contribution in [0.2, 0.25) is 5.02 Å². The molecule has 2 aromatic rings. The Balaban J connectivity index is 2.26. The summed E-state index contributed by atoms with van der Waals surface area (Å²) in [6.45, 7) is 2.02. The van der Waals surface area contributed by atoms with Crippen LogP contribution in [0, 0.1) is 0 Å². The summed E-state index contributed by atoms with van der Waals surface area (Å²) in [6.07, 6.45) is -3.56. The van der Waals surface area contributed by atoms with Crippen molar-refractivity contribution in [3.63, 3.8) is 0 Å². The molecular formula is C15H12ClF3O. The molecule has 0 aliphatic carbocycles. The number of ether oxygens (including phenoxy) is 1. The van der Waals surface area contributed by atoms with Crippen LogP contribution in [-0.4, -0.2) is 0 Å². The summed E-state index contributed by atoms with van der Waals surface area (Å²) in [7, 11) is 0. The van der Waals surface area contributed by atoms with Gasteiger partial charge in [-0.25, -0.2) is 0 Å². The van der Waals surface area contributed by atoms with Crippen molar-refractivity contribution in [2.75, 3.05) is 0 Å². The van der Waals surface area contributed by atoms with Crippen LogP contribution in [0.15, 0.2) is 42.5 Å². The third-order valence-corrected chi connectivity index (χ3v) is 2.98. The predicted molar refractivity (Wildman–Crippen MR) is 72.3 cm³/mol. The Bertz CT molecular complexity index is 591. The lowest BCUT2D eigenvalue weighted by Crippen LogP contribution is -2.04. The third-order valence-electron chi connectivity index (χ3n) is 2.77. The first-order chi connectivity index (χ1) is 9.38. The second-order valence-electron chi connectivity index (χ2n) is 4.27. The normalized spacial score (nSPS) is 11.4. The average molecular weight is 301 g/mol. The lowest BCUT2D eigenvalue weighted by Gasteiger charge is -2.11. The highest BCUT2D eigenvalue weighted by Crippen LogP contribution is 2.35. The van der Waals surface area contributed by atoms with Crippen molar-refractivity contribution >= 4 is 11.6 Å². The van der Waals surface area contributed by atoms with Crippen LogP contribution in [0.1, 0.15) is 18.1 Å². The first-order valence-corrected chi connectivity index (χ1v) is 6.41. The van der Waals surface area contributed by atoms with Gasteiger partial charge in [0.2, 0.25) is 0 Å². The molecule has 0 spiro atoms. The lowest BCUT2D eigenvalue weighted by molar-refractivity contribution is -0.137. The van der Waals surface area contributed by atoms with Gasteiger partial charge in [0.15, 0.2) is 0 Å². The summed E-state index contributed by atoms with van der Waals surface area (Å²) in [5.41, 5.74) is 0.296. The van der Waals surface area contributed by atoms with Crippen molar-refractivity contribution in [3.8, 4) is 11.5 Å². The van der Waals surface area contributed by atoms with Gasteiger partial charge < -0.3 is 4.74 Å². The first-order valence-electron chi connectivity index (χ1n) is 6.03. The summed E-state index contributed by atoms with van der Waals surface area (Å²) >= 11 is 5.69. The number of hydrogen-bond acceptors (Lipinski definition) is 1. The van der Waals surface area contributed by atoms with E-state index in [2.05, 4.69) is 0 Å². The fourth-order valence-corrected chi connectivity index (χ4v) is 1.94. The molecule has 0 aromatic heterocycles. The monoisotopic (exact) mass is 300 g/mol. The maximum atomic E-state index is 12.7. The fourth-order valence-electron chi connectivity index (χ4n) is 1.71. The van der Waals surface area contributed by atoms with Crippen molar-refractivity contribution in [1.82, 2.24) is 0 Å². The van der Waals surface area contributed by atoms with Crippen molar-refractivity contribution in [3.05, 3.63) is 58.6 Å². The lowest BCUT2D eigenvalue weighted by atomic mass is 10.2. The van der Waals surface area contributed by atoms with Gasteiger partial charge in [0, 0.05) is 5.02 Å². The number of halogens is 4. The summed E-state index contributed by atoms with van der Waals surface area (Å²) in [6, 6.07) is 10.3. The number of benzene rings is 2. The van der Waals surface area contributed by atoms with Gasteiger partial charge in [-0.1, -0.05) is 30.7 Å². The van der Waals surface area contributed by atoms with Crippen LogP contribution in [0.3, 0.4) is 0 Å². The molecule has 0 atom stereocenters. The molecule has 0 N–H and O–H groups in total. The Hall–Kier alpha value is -1.68. The summed E-state index contributed by atoms with van der Waals surface area (Å²) in [5, 5.41) is -0.0139. The maximum absolute atomic E-state index is 12.7. The zero-order chi connectivity index (χ0) is 14.8. The van der Waals surface area contributed by atoms with Crippen molar-refractivity contribution in [1.29, 1.82) is 0 Å². The van der Waals surface area contributed by atoms with E-state index < -0.39 is 11.7 Å². The maximum Gasteiger partial charge on any atom is 0.416 e.